The third-order valence-electron chi connectivity index (χ3n) is 5.52. The van der Waals surface area contributed by atoms with Crippen LogP contribution in [0.3, 0.4) is 0 Å². The average molecular weight is 425 g/mol. The van der Waals surface area contributed by atoms with Gasteiger partial charge in [-0.3, -0.25) is 4.79 Å². The fraction of sp³-hybridized carbons (Fsp3) is 0.391. The lowest BCUT2D eigenvalue weighted by atomic mass is 10.0. The van der Waals surface area contributed by atoms with Gasteiger partial charge in [-0.05, 0) is 42.7 Å². The molecule has 5 rings (SSSR count). The van der Waals surface area contributed by atoms with Crippen LogP contribution < -0.4 is 9.47 Å². The second-order valence-electron chi connectivity index (χ2n) is 7.57. The molecule has 0 saturated carbocycles. The maximum absolute atomic E-state index is 12.9. The van der Waals surface area contributed by atoms with Crippen LogP contribution in [-0.4, -0.2) is 42.2 Å². The fourth-order valence-electron chi connectivity index (χ4n) is 4.09. The van der Waals surface area contributed by atoms with Crippen LogP contribution in [0.2, 0.25) is 0 Å². The van der Waals surface area contributed by atoms with E-state index in [2.05, 4.69) is 4.98 Å². The van der Waals surface area contributed by atoms with Gasteiger partial charge in [0.15, 0.2) is 11.5 Å². The number of rotatable bonds is 5. The normalized spacial score (nSPS) is 18.5. The van der Waals surface area contributed by atoms with Crippen LogP contribution in [0.25, 0.3) is 10.2 Å². The van der Waals surface area contributed by atoms with Gasteiger partial charge in [0.1, 0.15) is 11.6 Å². The van der Waals surface area contributed by atoms with Crippen LogP contribution in [0.15, 0.2) is 42.5 Å². The summed E-state index contributed by atoms with van der Waals surface area (Å²) in [4.78, 5) is 19.4. The van der Waals surface area contributed by atoms with E-state index in [4.69, 9.17) is 14.2 Å². The van der Waals surface area contributed by atoms with Gasteiger partial charge in [-0.15, -0.1) is 11.3 Å². The molecule has 3 aromatic rings. The molecule has 0 spiro atoms. The number of para-hydroxylation sites is 1. The predicted molar refractivity (Wildman–Crippen MR) is 115 cm³/mol. The first-order valence-corrected chi connectivity index (χ1v) is 11.2. The van der Waals surface area contributed by atoms with Crippen molar-refractivity contribution in [2.45, 2.75) is 31.9 Å². The van der Waals surface area contributed by atoms with E-state index in [-0.39, 0.29) is 18.6 Å². The van der Waals surface area contributed by atoms with Crippen molar-refractivity contribution in [1.82, 2.24) is 9.88 Å². The number of nitrogens with zero attached hydrogens (tertiary/aromatic N) is 2. The zero-order chi connectivity index (χ0) is 20.3. The Hall–Kier alpha value is -2.64. The Morgan fingerprint density at radius 2 is 2.00 bits per heavy atom. The van der Waals surface area contributed by atoms with Crippen LogP contribution in [0.1, 0.15) is 35.9 Å². The van der Waals surface area contributed by atoms with Crippen molar-refractivity contribution in [3.05, 3.63) is 53.0 Å². The zero-order valence-corrected chi connectivity index (χ0v) is 17.5. The summed E-state index contributed by atoms with van der Waals surface area (Å²) >= 11 is 1.61. The molecule has 1 atom stereocenters. The van der Waals surface area contributed by atoms with Crippen molar-refractivity contribution in [2.75, 3.05) is 26.4 Å². The first-order valence-electron chi connectivity index (χ1n) is 10.4. The number of amides is 1. The Balaban J connectivity index is 1.22. The van der Waals surface area contributed by atoms with E-state index >= 15 is 0 Å². The number of carbonyl (C=O) groups is 1. The SMILES string of the molecule is O=C(COCc1nc2ccccc2s1)N1CCCC1c1ccc2c(c1)OCCCO2. The van der Waals surface area contributed by atoms with E-state index < -0.39 is 0 Å². The molecule has 0 radical (unpaired) electrons. The molecular weight excluding hydrogens is 400 g/mol. The maximum atomic E-state index is 12.9. The lowest BCUT2D eigenvalue weighted by Crippen LogP contribution is -2.33. The number of ether oxygens (including phenoxy) is 3. The summed E-state index contributed by atoms with van der Waals surface area (Å²) in [5.41, 5.74) is 2.07. The highest BCUT2D eigenvalue weighted by atomic mass is 32.1. The van der Waals surface area contributed by atoms with E-state index in [9.17, 15) is 4.79 Å². The Labute approximate surface area is 179 Å². The lowest BCUT2D eigenvalue weighted by molar-refractivity contribution is -0.137. The molecule has 0 aliphatic carbocycles. The van der Waals surface area contributed by atoms with Crippen LogP contribution in [0.5, 0.6) is 11.5 Å². The van der Waals surface area contributed by atoms with Crippen molar-refractivity contribution < 1.29 is 19.0 Å². The Morgan fingerprint density at radius 3 is 2.90 bits per heavy atom. The van der Waals surface area contributed by atoms with Crippen LogP contribution in [-0.2, 0) is 16.1 Å². The first kappa shape index (κ1) is 19.3. The smallest absolute Gasteiger partial charge is 0.249 e. The molecule has 1 aromatic heterocycles. The summed E-state index contributed by atoms with van der Waals surface area (Å²) in [5.74, 6) is 1.58. The van der Waals surface area contributed by atoms with Gasteiger partial charge < -0.3 is 19.1 Å². The number of aromatic nitrogens is 1. The highest BCUT2D eigenvalue weighted by molar-refractivity contribution is 7.18. The number of hydrogen-bond acceptors (Lipinski definition) is 6. The third kappa shape index (κ3) is 4.00. The standard InChI is InChI=1S/C23H24N2O4S/c26-23(15-27-14-22-24-17-5-1-2-7-21(17)30-22)25-10-3-6-18(25)16-8-9-19-20(13-16)29-12-4-11-28-19/h1-2,5,7-9,13,18H,3-4,6,10-12,14-15H2. The van der Waals surface area contributed by atoms with E-state index in [0.29, 0.717) is 19.8 Å². The highest BCUT2D eigenvalue weighted by Crippen LogP contribution is 2.38. The number of fused-ring (bicyclic) bond motifs is 2. The summed E-state index contributed by atoms with van der Waals surface area (Å²) in [6.07, 6.45) is 2.82. The minimum atomic E-state index is 0.0192. The molecule has 3 heterocycles. The molecule has 7 heteroatoms. The maximum Gasteiger partial charge on any atom is 0.249 e. The Morgan fingerprint density at radius 1 is 1.13 bits per heavy atom. The van der Waals surface area contributed by atoms with Gasteiger partial charge in [-0.1, -0.05) is 18.2 Å². The van der Waals surface area contributed by atoms with Gasteiger partial charge in [-0.25, -0.2) is 4.98 Å². The predicted octanol–water partition coefficient (Wildman–Crippen LogP) is 4.34. The molecule has 1 unspecified atom stereocenters. The van der Waals surface area contributed by atoms with Gasteiger partial charge in [0.05, 0.1) is 36.1 Å². The first-order chi connectivity index (χ1) is 14.8. The molecule has 6 nitrogen and oxygen atoms in total. The summed E-state index contributed by atoms with van der Waals surface area (Å²) in [6.45, 7) is 2.50. The van der Waals surface area contributed by atoms with E-state index in [1.54, 1.807) is 11.3 Å². The number of likely N-dealkylation sites (tertiary alicyclic amines) is 1. The van der Waals surface area contributed by atoms with Crippen LogP contribution in [0.4, 0.5) is 0 Å². The van der Waals surface area contributed by atoms with Gasteiger partial charge in [0.2, 0.25) is 5.91 Å². The lowest BCUT2D eigenvalue weighted by Gasteiger charge is -2.25. The van der Waals surface area contributed by atoms with Crippen LogP contribution in [0, 0.1) is 0 Å². The molecule has 2 aliphatic rings. The Bertz CT molecular complexity index is 1020. The van der Waals surface area contributed by atoms with Crippen molar-refractivity contribution in [3.63, 3.8) is 0 Å². The molecule has 2 aromatic carbocycles. The largest absolute Gasteiger partial charge is 0.490 e. The molecule has 1 fully saturated rings. The summed E-state index contributed by atoms with van der Waals surface area (Å²) < 4.78 is 18.4. The molecular formula is C23H24N2O4S. The van der Waals surface area contributed by atoms with Crippen molar-refractivity contribution in [3.8, 4) is 11.5 Å². The second kappa shape index (κ2) is 8.62. The summed E-state index contributed by atoms with van der Waals surface area (Å²) in [7, 11) is 0. The van der Waals surface area contributed by atoms with E-state index in [1.807, 2.05) is 47.4 Å². The molecule has 156 valence electrons. The molecule has 1 saturated heterocycles. The minimum absolute atomic E-state index is 0.0192. The average Bonchev–Trinajstić information content (AvgIpc) is 3.34. The summed E-state index contributed by atoms with van der Waals surface area (Å²) in [5, 5.41) is 0.893. The second-order valence-corrected chi connectivity index (χ2v) is 8.69. The number of hydrogen-bond donors (Lipinski definition) is 0. The fourth-order valence-corrected chi connectivity index (χ4v) is 4.99. The van der Waals surface area contributed by atoms with Crippen LogP contribution >= 0.6 is 11.3 Å². The number of carbonyl (C=O) groups excluding carboxylic acids is 1. The Kier molecular flexibility index (Phi) is 5.55. The van der Waals surface area contributed by atoms with Crippen molar-refractivity contribution in [1.29, 1.82) is 0 Å². The van der Waals surface area contributed by atoms with Gasteiger partial charge >= 0.3 is 0 Å². The molecule has 1 amide bonds. The highest BCUT2D eigenvalue weighted by Gasteiger charge is 2.30. The molecule has 30 heavy (non-hydrogen) atoms. The number of thiazole rings is 1. The monoisotopic (exact) mass is 424 g/mol. The van der Waals surface area contributed by atoms with Crippen molar-refractivity contribution >= 4 is 27.5 Å². The minimum Gasteiger partial charge on any atom is -0.490 e. The topological polar surface area (TPSA) is 60.9 Å². The van der Waals surface area contributed by atoms with Gasteiger partial charge in [-0.2, -0.15) is 0 Å². The van der Waals surface area contributed by atoms with Crippen molar-refractivity contribution in [2.24, 2.45) is 0 Å². The molecule has 0 bridgehead atoms. The third-order valence-corrected chi connectivity index (χ3v) is 6.53. The van der Waals surface area contributed by atoms with E-state index in [1.165, 1.54) is 0 Å². The number of benzene rings is 2. The van der Waals surface area contributed by atoms with Gasteiger partial charge in [0.25, 0.3) is 0 Å². The summed E-state index contributed by atoms with van der Waals surface area (Å²) in [6, 6.07) is 14.1. The van der Waals surface area contributed by atoms with Gasteiger partial charge in [0, 0.05) is 13.0 Å². The van der Waals surface area contributed by atoms with E-state index in [0.717, 1.165) is 58.1 Å². The zero-order valence-electron chi connectivity index (χ0n) is 16.7. The molecule has 0 N–H and O–H groups in total. The molecule has 2 aliphatic heterocycles. The quantitative estimate of drug-likeness (QED) is 0.610.